The van der Waals surface area contributed by atoms with Gasteiger partial charge in [-0.1, -0.05) is 72.8 Å². The SMILES string of the molecule is c1ccc(-c2ccc(-c3cc4sc5ccccc5c4s3)cc2)cc1. The van der Waals surface area contributed by atoms with Crippen molar-refractivity contribution in [2.45, 2.75) is 0 Å². The van der Waals surface area contributed by atoms with Crippen LogP contribution in [0, 0.1) is 0 Å². The predicted octanol–water partition coefficient (Wildman–Crippen LogP) is 7.45. The van der Waals surface area contributed by atoms with Crippen LogP contribution in [-0.4, -0.2) is 0 Å². The normalized spacial score (nSPS) is 11.3. The molecule has 0 N–H and O–H groups in total. The highest BCUT2D eigenvalue weighted by molar-refractivity contribution is 7.33. The van der Waals surface area contributed by atoms with E-state index in [0.29, 0.717) is 0 Å². The van der Waals surface area contributed by atoms with Crippen molar-refractivity contribution in [3.63, 3.8) is 0 Å². The second-order valence-electron chi connectivity index (χ2n) is 5.85. The van der Waals surface area contributed by atoms with Crippen molar-refractivity contribution < 1.29 is 0 Å². The lowest BCUT2D eigenvalue weighted by atomic mass is 10.0. The van der Waals surface area contributed by atoms with E-state index in [-0.39, 0.29) is 0 Å². The van der Waals surface area contributed by atoms with E-state index in [1.54, 1.807) is 0 Å². The molecule has 0 spiro atoms. The van der Waals surface area contributed by atoms with Crippen molar-refractivity contribution in [1.29, 1.82) is 0 Å². The van der Waals surface area contributed by atoms with Gasteiger partial charge in [0, 0.05) is 19.7 Å². The topological polar surface area (TPSA) is 0 Å². The monoisotopic (exact) mass is 342 g/mol. The van der Waals surface area contributed by atoms with Crippen molar-refractivity contribution in [2.75, 3.05) is 0 Å². The minimum Gasteiger partial charge on any atom is -0.134 e. The summed E-state index contributed by atoms with van der Waals surface area (Å²) in [5.74, 6) is 0. The second-order valence-corrected chi connectivity index (χ2v) is 7.98. The Morgan fingerprint density at radius 2 is 1.17 bits per heavy atom. The summed E-state index contributed by atoms with van der Waals surface area (Å²) in [6.07, 6.45) is 0. The lowest BCUT2D eigenvalue weighted by molar-refractivity contribution is 1.62. The molecule has 2 heterocycles. The summed E-state index contributed by atoms with van der Waals surface area (Å²) in [4.78, 5) is 1.35. The maximum absolute atomic E-state index is 2.34. The molecule has 24 heavy (non-hydrogen) atoms. The van der Waals surface area contributed by atoms with Crippen molar-refractivity contribution in [3.8, 4) is 21.6 Å². The summed E-state index contributed by atoms with van der Waals surface area (Å²) in [6.45, 7) is 0. The molecule has 0 atom stereocenters. The highest BCUT2D eigenvalue weighted by Crippen LogP contribution is 2.42. The molecule has 0 saturated heterocycles. The van der Waals surface area contributed by atoms with Crippen LogP contribution in [0.4, 0.5) is 0 Å². The van der Waals surface area contributed by atoms with Gasteiger partial charge in [0.25, 0.3) is 0 Å². The van der Waals surface area contributed by atoms with Crippen LogP contribution in [0.2, 0.25) is 0 Å². The summed E-state index contributed by atoms with van der Waals surface area (Å²) in [6, 6.07) is 30.5. The van der Waals surface area contributed by atoms with E-state index < -0.39 is 0 Å². The third-order valence-corrected chi connectivity index (χ3v) is 6.79. The minimum atomic E-state index is 1.27. The molecule has 0 fully saturated rings. The Hall–Kier alpha value is -2.42. The third-order valence-electron chi connectivity index (χ3n) is 4.33. The van der Waals surface area contributed by atoms with Crippen LogP contribution in [0.25, 0.3) is 41.1 Å². The molecule has 2 heteroatoms. The highest BCUT2D eigenvalue weighted by atomic mass is 32.1. The van der Waals surface area contributed by atoms with Crippen molar-refractivity contribution in [1.82, 2.24) is 0 Å². The fourth-order valence-corrected chi connectivity index (χ4v) is 5.63. The van der Waals surface area contributed by atoms with Gasteiger partial charge in [-0.2, -0.15) is 0 Å². The Morgan fingerprint density at radius 1 is 0.500 bits per heavy atom. The molecule has 0 radical (unpaired) electrons. The molecule has 114 valence electrons. The van der Waals surface area contributed by atoms with Crippen LogP contribution in [0.3, 0.4) is 0 Å². The fraction of sp³-hybridized carbons (Fsp3) is 0. The van der Waals surface area contributed by atoms with Gasteiger partial charge < -0.3 is 0 Å². The maximum Gasteiger partial charge on any atom is 0.0535 e. The Balaban J connectivity index is 1.57. The number of rotatable bonds is 2. The zero-order valence-electron chi connectivity index (χ0n) is 12.9. The van der Waals surface area contributed by atoms with Crippen LogP contribution in [0.15, 0.2) is 84.9 Å². The van der Waals surface area contributed by atoms with Crippen molar-refractivity contribution in [2.24, 2.45) is 0 Å². The number of fused-ring (bicyclic) bond motifs is 3. The van der Waals surface area contributed by atoms with Gasteiger partial charge in [-0.15, -0.1) is 22.7 Å². The first-order valence-corrected chi connectivity index (χ1v) is 9.59. The largest absolute Gasteiger partial charge is 0.134 e. The molecule has 0 bridgehead atoms. The first-order valence-electron chi connectivity index (χ1n) is 7.95. The maximum atomic E-state index is 2.34. The first-order chi connectivity index (χ1) is 11.9. The van der Waals surface area contributed by atoms with E-state index in [0.717, 1.165) is 0 Å². The third kappa shape index (κ3) is 2.27. The number of benzene rings is 3. The van der Waals surface area contributed by atoms with E-state index in [4.69, 9.17) is 0 Å². The lowest BCUT2D eigenvalue weighted by Gasteiger charge is -2.03. The van der Waals surface area contributed by atoms with Crippen LogP contribution >= 0.6 is 22.7 Å². The molecule has 3 aromatic carbocycles. The molecule has 5 rings (SSSR count). The average molecular weight is 342 g/mol. The van der Waals surface area contributed by atoms with E-state index in [2.05, 4.69) is 84.9 Å². The zero-order chi connectivity index (χ0) is 15.9. The van der Waals surface area contributed by atoms with Crippen LogP contribution in [-0.2, 0) is 0 Å². The van der Waals surface area contributed by atoms with Gasteiger partial charge in [-0.05, 0) is 28.8 Å². The minimum absolute atomic E-state index is 1.27. The molecule has 0 aliphatic heterocycles. The van der Waals surface area contributed by atoms with Gasteiger partial charge in [0.2, 0.25) is 0 Å². The molecule has 0 unspecified atom stereocenters. The number of hydrogen-bond donors (Lipinski definition) is 0. The van der Waals surface area contributed by atoms with Crippen molar-refractivity contribution >= 4 is 42.2 Å². The standard InChI is InChI=1S/C22H14S2/c1-2-6-15(7-3-1)16-10-12-17(13-11-16)20-14-21-22(24-20)18-8-4-5-9-19(18)23-21/h1-14H. The summed E-state index contributed by atoms with van der Waals surface area (Å²) in [7, 11) is 0. The Bertz CT molecular complexity index is 1130. The summed E-state index contributed by atoms with van der Waals surface area (Å²) < 4.78 is 4.19. The van der Waals surface area contributed by atoms with Gasteiger partial charge in [0.1, 0.15) is 0 Å². The molecular formula is C22H14S2. The molecule has 0 amide bonds. The van der Waals surface area contributed by atoms with Crippen molar-refractivity contribution in [3.05, 3.63) is 84.9 Å². The molecule has 2 aromatic heterocycles. The second kappa shape index (κ2) is 5.59. The van der Waals surface area contributed by atoms with Gasteiger partial charge in [0.05, 0.1) is 4.70 Å². The molecule has 5 aromatic rings. The molecular weight excluding hydrogens is 328 g/mol. The smallest absolute Gasteiger partial charge is 0.0535 e. The summed E-state index contributed by atoms with van der Waals surface area (Å²) >= 11 is 3.79. The van der Waals surface area contributed by atoms with Gasteiger partial charge in [-0.25, -0.2) is 0 Å². The van der Waals surface area contributed by atoms with E-state index in [1.165, 1.54) is 41.1 Å². The zero-order valence-corrected chi connectivity index (χ0v) is 14.5. The summed E-state index contributed by atoms with van der Waals surface area (Å²) in [5.41, 5.74) is 3.83. The quantitative estimate of drug-likeness (QED) is 0.312. The molecule has 0 aliphatic carbocycles. The Kier molecular flexibility index (Phi) is 3.25. The fourth-order valence-electron chi connectivity index (χ4n) is 3.10. The lowest BCUT2D eigenvalue weighted by Crippen LogP contribution is -1.77. The number of thiophene rings is 2. The van der Waals surface area contributed by atoms with E-state index >= 15 is 0 Å². The predicted molar refractivity (Wildman–Crippen MR) is 108 cm³/mol. The molecule has 0 saturated carbocycles. The number of hydrogen-bond acceptors (Lipinski definition) is 2. The Morgan fingerprint density at radius 3 is 2.00 bits per heavy atom. The summed E-state index contributed by atoms with van der Waals surface area (Å²) in [5, 5.41) is 1.38. The molecule has 0 aliphatic rings. The van der Waals surface area contributed by atoms with Gasteiger partial charge >= 0.3 is 0 Å². The first kappa shape index (κ1) is 14.0. The van der Waals surface area contributed by atoms with E-state index in [1.807, 2.05) is 22.7 Å². The molecule has 0 nitrogen and oxygen atoms in total. The Labute approximate surface area is 148 Å². The average Bonchev–Trinajstić information content (AvgIpc) is 3.21. The van der Waals surface area contributed by atoms with E-state index in [9.17, 15) is 0 Å². The van der Waals surface area contributed by atoms with Crippen LogP contribution in [0.5, 0.6) is 0 Å². The van der Waals surface area contributed by atoms with Crippen LogP contribution in [0.1, 0.15) is 0 Å². The van der Waals surface area contributed by atoms with Gasteiger partial charge in [-0.3, -0.25) is 0 Å². The van der Waals surface area contributed by atoms with Gasteiger partial charge in [0.15, 0.2) is 0 Å². The van der Waals surface area contributed by atoms with Crippen LogP contribution < -0.4 is 0 Å². The highest BCUT2D eigenvalue weighted by Gasteiger charge is 2.10.